The van der Waals surface area contributed by atoms with Gasteiger partial charge in [-0.2, -0.15) is 0 Å². The highest BCUT2D eigenvalue weighted by molar-refractivity contribution is 5.43. The third kappa shape index (κ3) is 18.3. The van der Waals surface area contributed by atoms with Crippen LogP contribution in [0.1, 0.15) is 155 Å². The van der Waals surface area contributed by atoms with Crippen LogP contribution in [0, 0.1) is 5.92 Å². The summed E-state index contributed by atoms with van der Waals surface area (Å²) in [7, 11) is 0. The second-order valence-corrected chi connectivity index (χ2v) is 10.7. The van der Waals surface area contributed by atoms with Crippen molar-refractivity contribution in [3.05, 3.63) is 29.8 Å². The molecule has 0 amide bonds. The number of hydrogen-bond donors (Lipinski definition) is 2. The lowest BCUT2D eigenvalue weighted by atomic mass is 9.92. The van der Waals surface area contributed by atoms with Gasteiger partial charge in [0.2, 0.25) is 0 Å². The standard InChI is InChI=1S/C32H60N2/c1-4-7-9-10-11-12-13-14-15-16-17-18-19-20-21-22-28-33-34-32-26-24-31(25-27-32)29-30(6-3)23-8-5-2/h24-27,30,33-34H,4-23,28-29H2,1-3H3. The summed E-state index contributed by atoms with van der Waals surface area (Å²) in [5.41, 5.74) is 9.44. The minimum Gasteiger partial charge on any atom is -0.322 e. The van der Waals surface area contributed by atoms with Crippen molar-refractivity contribution in [3.8, 4) is 0 Å². The number of hydrogen-bond acceptors (Lipinski definition) is 2. The van der Waals surface area contributed by atoms with Crippen molar-refractivity contribution < 1.29 is 0 Å². The zero-order valence-corrected chi connectivity index (χ0v) is 23.4. The van der Waals surface area contributed by atoms with E-state index in [1.807, 2.05) is 0 Å². The third-order valence-corrected chi connectivity index (χ3v) is 7.41. The van der Waals surface area contributed by atoms with Crippen molar-refractivity contribution in [2.24, 2.45) is 5.92 Å². The first-order valence-electron chi connectivity index (χ1n) is 15.4. The molecule has 0 aliphatic carbocycles. The second-order valence-electron chi connectivity index (χ2n) is 10.7. The molecule has 0 saturated heterocycles. The van der Waals surface area contributed by atoms with E-state index >= 15 is 0 Å². The lowest BCUT2D eigenvalue weighted by Gasteiger charge is -2.15. The van der Waals surface area contributed by atoms with Gasteiger partial charge >= 0.3 is 0 Å². The van der Waals surface area contributed by atoms with Gasteiger partial charge in [-0.25, -0.2) is 5.43 Å². The van der Waals surface area contributed by atoms with E-state index in [0.29, 0.717) is 0 Å². The highest BCUT2D eigenvalue weighted by Gasteiger charge is 2.07. The van der Waals surface area contributed by atoms with E-state index in [1.165, 1.54) is 146 Å². The van der Waals surface area contributed by atoms with Gasteiger partial charge in [0.1, 0.15) is 0 Å². The van der Waals surface area contributed by atoms with E-state index in [2.05, 4.69) is 55.9 Å². The van der Waals surface area contributed by atoms with Crippen molar-refractivity contribution in [1.82, 2.24) is 5.43 Å². The molecule has 2 N–H and O–H groups in total. The van der Waals surface area contributed by atoms with Gasteiger partial charge in [-0.3, -0.25) is 0 Å². The molecule has 34 heavy (non-hydrogen) atoms. The molecular weight excluding hydrogens is 412 g/mol. The molecule has 0 radical (unpaired) electrons. The van der Waals surface area contributed by atoms with Crippen LogP contribution >= 0.6 is 0 Å². The van der Waals surface area contributed by atoms with Crippen LogP contribution in [-0.2, 0) is 6.42 Å². The quantitative estimate of drug-likeness (QED) is 0.109. The average Bonchev–Trinajstić information content (AvgIpc) is 2.86. The lowest BCUT2D eigenvalue weighted by Crippen LogP contribution is -2.22. The molecule has 2 nitrogen and oxygen atoms in total. The van der Waals surface area contributed by atoms with Gasteiger partial charge in [-0.15, -0.1) is 0 Å². The highest BCUT2D eigenvalue weighted by atomic mass is 15.3. The fourth-order valence-corrected chi connectivity index (χ4v) is 4.93. The van der Waals surface area contributed by atoms with E-state index < -0.39 is 0 Å². The zero-order valence-electron chi connectivity index (χ0n) is 23.4. The summed E-state index contributed by atoms with van der Waals surface area (Å²) in [5.74, 6) is 0.840. The Bertz CT molecular complexity index is 524. The van der Waals surface area contributed by atoms with Crippen LogP contribution in [0.15, 0.2) is 24.3 Å². The van der Waals surface area contributed by atoms with Crippen molar-refractivity contribution >= 4 is 5.69 Å². The second kappa shape index (κ2) is 23.7. The fraction of sp³-hybridized carbons (Fsp3) is 0.812. The number of benzene rings is 1. The summed E-state index contributed by atoms with van der Waals surface area (Å²) in [5, 5.41) is 0. The Balaban J connectivity index is 1.88. The van der Waals surface area contributed by atoms with Gasteiger partial charge in [-0.05, 0) is 36.5 Å². The monoisotopic (exact) mass is 472 g/mol. The predicted octanol–water partition coefficient (Wildman–Crippen LogP) is 10.6. The molecule has 0 spiro atoms. The minimum atomic E-state index is 0.840. The molecule has 1 aromatic carbocycles. The normalized spacial score (nSPS) is 12.2. The highest BCUT2D eigenvalue weighted by Crippen LogP contribution is 2.20. The summed E-state index contributed by atoms with van der Waals surface area (Å²) < 4.78 is 0. The third-order valence-electron chi connectivity index (χ3n) is 7.41. The first-order valence-corrected chi connectivity index (χ1v) is 15.4. The Morgan fingerprint density at radius 1 is 0.559 bits per heavy atom. The molecule has 198 valence electrons. The van der Waals surface area contributed by atoms with Gasteiger partial charge in [0, 0.05) is 12.2 Å². The van der Waals surface area contributed by atoms with E-state index in [0.717, 1.165) is 12.5 Å². The minimum absolute atomic E-state index is 0.840. The SMILES string of the molecule is CCCCCCCCCCCCCCCCCCNNc1ccc(CC(CC)CCCC)cc1. The first-order chi connectivity index (χ1) is 16.8. The van der Waals surface area contributed by atoms with Crippen molar-refractivity contribution in [3.63, 3.8) is 0 Å². The molecule has 0 saturated carbocycles. The van der Waals surface area contributed by atoms with Gasteiger partial charge in [0.25, 0.3) is 0 Å². The molecule has 0 fully saturated rings. The Hall–Kier alpha value is -1.02. The van der Waals surface area contributed by atoms with Gasteiger partial charge in [0.15, 0.2) is 0 Å². The van der Waals surface area contributed by atoms with E-state index in [1.54, 1.807) is 0 Å². The smallest absolute Gasteiger partial charge is 0.0487 e. The van der Waals surface area contributed by atoms with E-state index in [-0.39, 0.29) is 0 Å². The van der Waals surface area contributed by atoms with Crippen molar-refractivity contribution in [2.45, 2.75) is 156 Å². The van der Waals surface area contributed by atoms with Gasteiger partial charge < -0.3 is 5.43 Å². The number of nitrogens with one attached hydrogen (secondary N) is 2. The van der Waals surface area contributed by atoms with Crippen LogP contribution in [0.3, 0.4) is 0 Å². The van der Waals surface area contributed by atoms with Crippen LogP contribution in [-0.4, -0.2) is 6.54 Å². The predicted molar refractivity (Wildman–Crippen MR) is 155 cm³/mol. The summed E-state index contributed by atoms with van der Waals surface area (Å²) in [4.78, 5) is 0. The zero-order chi connectivity index (χ0) is 24.5. The number of unbranched alkanes of at least 4 members (excludes halogenated alkanes) is 16. The Morgan fingerprint density at radius 3 is 1.50 bits per heavy atom. The Kier molecular flexibility index (Phi) is 21.6. The maximum Gasteiger partial charge on any atom is 0.0487 e. The van der Waals surface area contributed by atoms with E-state index in [4.69, 9.17) is 0 Å². The molecule has 0 bridgehead atoms. The molecule has 0 aliphatic heterocycles. The maximum absolute atomic E-state index is 3.40. The average molecular weight is 473 g/mol. The molecule has 1 aromatic rings. The largest absolute Gasteiger partial charge is 0.322 e. The number of rotatable bonds is 25. The van der Waals surface area contributed by atoms with E-state index in [9.17, 15) is 0 Å². The summed E-state index contributed by atoms with van der Waals surface area (Å²) in [6.07, 6.45) is 29.4. The van der Waals surface area contributed by atoms with Gasteiger partial charge in [0.05, 0.1) is 0 Å². The number of hydrazine groups is 1. The molecule has 1 unspecified atom stereocenters. The molecule has 2 heteroatoms. The van der Waals surface area contributed by atoms with Crippen molar-refractivity contribution in [2.75, 3.05) is 12.0 Å². The van der Waals surface area contributed by atoms with Crippen LogP contribution < -0.4 is 10.9 Å². The molecule has 0 aliphatic rings. The first kappa shape index (κ1) is 31.0. The molecule has 1 atom stereocenters. The van der Waals surface area contributed by atoms with Crippen LogP contribution in [0.5, 0.6) is 0 Å². The maximum atomic E-state index is 3.40. The topological polar surface area (TPSA) is 24.1 Å². The molecule has 0 aromatic heterocycles. The van der Waals surface area contributed by atoms with Crippen LogP contribution in [0.4, 0.5) is 5.69 Å². The molecule has 1 rings (SSSR count). The Labute approximate surface area is 214 Å². The molecular formula is C32H60N2. The van der Waals surface area contributed by atoms with Crippen molar-refractivity contribution in [1.29, 1.82) is 0 Å². The number of anilines is 1. The summed E-state index contributed by atoms with van der Waals surface area (Å²) >= 11 is 0. The summed E-state index contributed by atoms with van der Waals surface area (Å²) in [6, 6.07) is 9.05. The lowest BCUT2D eigenvalue weighted by molar-refractivity contribution is 0.449. The fourth-order valence-electron chi connectivity index (χ4n) is 4.93. The van der Waals surface area contributed by atoms with Crippen LogP contribution in [0.25, 0.3) is 0 Å². The molecule has 0 heterocycles. The van der Waals surface area contributed by atoms with Crippen LogP contribution in [0.2, 0.25) is 0 Å². The summed E-state index contributed by atoms with van der Waals surface area (Å²) in [6.45, 7) is 7.97. The van der Waals surface area contributed by atoms with Gasteiger partial charge in [-0.1, -0.05) is 155 Å². The Morgan fingerprint density at radius 2 is 1.03 bits per heavy atom.